The minimum Gasteiger partial charge on any atom is -0.462 e. The van der Waals surface area contributed by atoms with Crippen molar-refractivity contribution in [3.8, 4) is 0 Å². The lowest BCUT2D eigenvalue weighted by Crippen LogP contribution is -2.16. The van der Waals surface area contributed by atoms with Gasteiger partial charge in [0.15, 0.2) is 0 Å². The smallest absolute Gasteiger partial charge is 0.339 e. The molecule has 0 aliphatic heterocycles. The Kier molecular flexibility index (Phi) is 8.42. The van der Waals surface area contributed by atoms with E-state index in [1.807, 2.05) is 13.8 Å². The Balaban J connectivity index is 2.68. The highest BCUT2D eigenvalue weighted by Crippen LogP contribution is 2.13. The number of thiol groups is 2. The Morgan fingerprint density at radius 2 is 1.27 bits per heavy atom. The van der Waals surface area contributed by atoms with Gasteiger partial charge in [-0.15, -0.1) is 0 Å². The van der Waals surface area contributed by atoms with Crippen LogP contribution >= 0.6 is 25.3 Å². The molecule has 2 unspecified atom stereocenters. The molecule has 1 aromatic carbocycles. The molecule has 0 saturated carbocycles. The molecule has 2 atom stereocenters. The van der Waals surface area contributed by atoms with Crippen LogP contribution in [-0.2, 0) is 9.47 Å². The van der Waals surface area contributed by atoms with Crippen LogP contribution in [0.25, 0.3) is 0 Å². The van der Waals surface area contributed by atoms with E-state index in [1.165, 1.54) is 0 Å². The van der Waals surface area contributed by atoms with Crippen LogP contribution in [0.4, 0.5) is 0 Å². The molecular formula is C16H22O4S2. The van der Waals surface area contributed by atoms with Crippen molar-refractivity contribution in [3.05, 3.63) is 35.4 Å². The zero-order valence-corrected chi connectivity index (χ0v) is 14.6. The number of ether oxygens (including phenoxy) is 2. The van der Waals surface area contributed by atoms with Gasteiger partial charge >= 0.3 is 11.9 Å². The van der Waals surface area contributed by atoms with Gasteiger partial charge in [-0.1, -0.05) is 26.0 Å². The molecule has 1 aromatic rings. The van der Waals surface area contributed by atoms with Crippen molar-refractivity contribution in [2.24, 2.45) is 0 Å². The maximum atomic E-state index is 12.1. The quantitative estimate of drug-likeness (QED) is 0.561. The van der Waals surface area contributed by atoms with Crippen LogP contribution in [0.5, 0.6) is 0 Å². The lowest BCUT2D eigenvalue weighted by atomic mass is 10.1. The fourth-order valence-corrected chi connectivity index (χ4v) is 1.85. The van der Waals surface area contributed by atoms with E-state index in [9.17, 15) is 9.59 Å². The average molecular weight is 342 g/mol. The first-order valence-electron chi connectivity index (χ1n) is 7.21. The largest absolute Gasteiger partial charge is 0.462 e. The van der Waals surface area contributed by atoms with E-state index in [4.69, 9.17) is 9.47 Å². The van der Waals surface area contributed by atoms with Gasteiger partial charge in [-0.2, -0.15) is 25.3 Å². The molecule has 0 aromatic heterocycles. The van der Waals surface area contributed by atoms with Gasteiger partial charge in [0, 0.05) is 10.5 Å². The van der Waals surface area contributed by atoms with Crippen molar-refractivity contribution in [1.29, 1.82) is 0 Å². The number of carbonyl (C=O) groups excluding carboxylic acids is 2. The van der Waals surface area contributed by atoms with Crippen LogP contribution in [0.2, 0.25) is 0 Å². The molecule has 0 radical (unpaired) electrons. The van der Waals surface area contributed by atoms with Gasteiger partial charge in [0.25, 0.3) is 0 Å². The molecule has 0 bridgehead atoms. The first kappa shape index (κ1) is 18.9. The Labute approximate surface area is 142 Å². The Bertz CT molecular complexity index is 456. The third kappa shape index (κ3) is 6.75. The summed E-state index contributed by atoms with van der Waals surface area (Å²) >= 11 is 8.45. The van der Waals surface area contributed by atoms with Gasteiger partial charge < -0.3 is 9.47 Å². The average Bonchev–Trinajstić information content (AvgIpc) is 2.46. The van der Waals surface area contributed by atoms with Gasteiger partial charge in [0.2, 0.25) is 0 Å². The standard InChI is InChI=1S/C16H22O4S2/c1-11(21)7-9-19-15(17)13-5-3-4-6-14(13)16(18)20-10-8-12(2)22/h3-6,11-12,21-22H,7-10H2,1-2H3. The Hall–Kier alpha value is -1.14. The molecule has 22 heavy (non-hydrogen) atoms. The lowest BCUT2D eigenvalue weighted by Gasteiger charge is -2.11. The van der Waals surface area contributed by atoms with Crippen molar-refractivity contribution in [2.45, 2.75) is 37.2 Å². The summed E-state index contributed by atoms with van der Waals surface area (Å²) in [5.41, 5.74) is 0.441. The second kappa shape index (κ2) is 9.79. The summed E-state index contributed by atoms with van der Waals surface area (Å²) in [7, 11) is 0. The zero-order chi connectivity index (χ0) is 16.5. The van der Waals surface area contributed by atoms with Crippen molar-refractivity contribution in [3.63, 3.8) is 0 Å². The van der Waals surface area contributed by atoms with Crippen LogP contribution < -0.4 is 0 Å². The molecule has 0 amide bonds. The molecule has 0 saturated heterocycles. The van der Waals surface area contributed by atoms with Gasteiger partial charge in [-0.05, 0) is 25.0 Å². The predicted octanol–water partition coefficient (Wildman–Crippen LogP) is 3.42. The minimum atomic E-state index is -0.524. The van der Waals surface area contributed by atoms with Crippen molar-refractivity contribution in [2.75, 3.05) is 13.2 Å². The lowest BCUT2D eigenvalue weighted by molar-refractivity contribution is 0.0454. The fourth-order valence-electron chi connectivity index (χ4n) is 1.64. The molecule has 1 rings (SSSR count). The van der Waals surface area contributed by atoms with Gasteiger partial charge in [0.1, 0.15) is 0 Å². The van der Waals surface area contributed by atoms with Crippen molar-refractivity contribution >= 4 is 37.2 Å². The summed E-state index contributed by atoms with van der Waals surface area (Å²) in [5, 5.41) is 0.299. The van der Waals surface area contributed by atoms with Crippen LogP contribution in [0.15, 0.2) is 24.3 Å². The predicted molar refractivity (Wildman–Crippen MR) is 93.1 cm³/mol. The van der Waals surface area contributed by atoms with Crippen LogP contribution in [-0.4, -0.2) is 35.7 Å². The van der Waals surface area contributed by atoms with Crippen LogP contribution in [0, 0.1) is 0 Å². The van der Waals surface area contributed by atoms with Gasteiger partial charge in [-0.25, -0.2) is 9.59 Å². The second-order valence-corrected chi connectivity index (χ2v) is 6.86. The molecule has 0 aliphatic rings. The summed E-state index contributed by atoms with van der Waals surface area (Å²) in [6.07, 6.45) is 1.31. The molecule has 122 valence electrons. The molecule has 0 heterocycles. The van der Waals surface area contributed by atoms with E-state index in [1.54, 1.807) is 24.3 Å². The summed E-state index contributed by atoms with van der Waals surface area (Å²) in [5.74, 6) is -1.05. The summed E-state index contributed by atoms with van der Waals surface area (Å²) < 4.78 is 10.3. The maximum Gasteiger partial charge on any atom is 0.339 e. The summed E-state index contributed by atoms with van der Waals surface area (Å²) in [4.78, 5) is 24.1. The SMILES string of the molecule is CC(S)CCOC(=O)c1ccccc1C(=O)OCCC(C)S. The maximum absolute atomic E-state index is 12.1. The molecule has 0 N–H and O–H groups in total. The molecular weight excluding hydrogens is 320 g/mol. The number of carbonyl (C=O) groups is 2. The molecule has 6 heteroatoms. The number of hydrogen-bond acceptors (Lipinski definition) is 6. The molecule has 4 nitrogen and oxygen atoms in total. The topological polar surface area (TPSA) is 52.6 Å². The van der Waals surface area contributed by atoms with E-state index in [-0.39, 0.29) is 34.8 Å². The first-order chi connectivity index (χ1) is 10.4. The highest BCUT2D eigenvalue weighted by molar-refractivity contribution is 7.81. The van der Waals surface area contributed by atoms with Crippen molar-refractivity contribution < 1.29 is 19.1 Å². The number of rotatable bonds is 8. The molecule has 0 spiro atoms. The third-order valence-electron chi connectivity index (χ3n) is 2.90. The highest BCUT2D eigenvalue weighted by Gasteiger charge is 2.19. The van der Waals surface area contributed by atoms with Crippen LogP contribution in [0.1, 0.15) is 47.4 Å². The Morgan fingerprint density at radius 3 is 1.59 bits per heavy atom. The van der Waals surface area contributed by atoms with E-state index >= 15 is 0 Å². The van der Waals surface area contributed by atoms with Gasteiger partial charge in [0.05, 0.1) is 24.3 Å². The number of benzene rings is 1. The van der Waals surface area contributed by atoms with E-state index in [0.717, 1.165) is 0 Å². The molecule has 0 fully saturated rings. The summed E-state index contributed by atoms with van der Waals surface area (Å²) in [6, 6.07) is 6.49. The first-order valence-corrected chi connectivity index (χ1v) is 8.24. The molecule has 0 aliphatic carbocycles. The fraction of sp³-hybridized carbons (Fsp3) is 0.500. The minimum absolute atomic E-state index is 0.149. The van der Waals surface area contributed by atoms with E-state index in [0.29, 0.717) is 12.8 Å². The number of esters is 2. The highest BCUT2D eigenvalue weighted by atomic mass is 32.1. The van der Waals surface area contributed by atoms with Crippen LogP contribution in [0.3, 0.4) is 0 Å². The normalized spacial score (nSPS) is 13.3. The Morgan fingerprint density at radius 1 is 0.909 bits per heavy atom. The van der Waals surface area contributed by atoms with E-state index < -0.39 is 11.9 Å². The van der Waals surface area contributed by atoms with Gasteiger partial charge in [-0.3, -0.25) is 0 Å². The number of hydrogen-bond donors (Lipinski definition) is 2. The van der Waals surface area contributed by atoms with Crippen molar-refractivity contribution in [1.82, 2.24) is 0 Å². The zero-order valence-electron chi connectivity index (χ0n) is 12.8. The second-order valence-electron chi connectivity index (χ2n) is 5.09. The third-order valence-corrected chi connectivity index (χ3v) is 3.42. The monoisotopic (exact) mass is 342 g/mol. The van der Waals surface area contributed by atoms with E-state index in [2.05, 4.69) is 25.3 Å². The summed E-state index contributed by atoms with van der Waals surface area (Å²) in [6.45, 7) is 4.38.